The minimum absolute atomic E-state index is 0.243. The number of anilines is 2. The van der Waals surface area contributed by atoms with Gasteiger partial charge in [0.15, 0.2) is 0 Å². The van der Waals surface area contributed by atoms with Gasteiger partial charge in [-0.1, -0.05) is 0 Å². The number of hydrogen-bond acceptors (Lipinski definition) is 6. The summed E-state index contributed by atoms with van der Waals surface area (Å²) in [5.41, 5.74) is 6.43. The summed E-state index contributed by atoms with van der Waals surface area (Å²) in [4.78, 5) is 12.0. The van der Waals surface area contributed by atoms with Crippen LogP contribution in [0.3, 0.4) is 0 Å². The van der Waals surface area contributed by atoms with Crippen LogP contribution in [-0.2, 0) is 4.74 Å². The molecule has 0 atom stereocenters. The van der Waals surface area contributed by atoms with Crippen LogP contribution in [0, 0.1) is 11.3 Å². The lowest BCUT2D eigenvalue weighted by atomic mass is 10.2. The highest BCUT2D eigenvalue weighted by atomic mass is 32.1. The second kappa shape index (κ2) is 8.49. The van der Waals surface area contributed by atoms with Gasteiger partial charge in [0.2, 0.25) is 0 Å². The molecule has 0 aliphatic rings. The Hall–Kier alpha value is -1.78. The highest BCUT2D eigenvalue weighted by Gasteiger charge is 2.19. The molecule has 0 spiro atoms. The Bertz CT molecular complexity index is 520. The van der Waals surface area contributed by atoms with E-state index in [0.717, 1.165) is 19.4 Å². The summed E-state index contributed by atoms with van der Waals surface area (Å²) in [7, 11) is 1.54. The second-order valence-electron chi connectivity index (χ2n) is 4.79. The fraction of sp³-hybridized carbons (Fsp3) is 0.571. The van der Waals surface area contributed by atoms with Crippen molar-refractivity contribution in [2.45, 2.75) is 32.8 Å². The van der Waals surface area contributed by atoms with Crippen LogP contribution in [0.25, 0.3) is 0 Å². The lowest BCUT2D eigenvalue weighted by Crippen LogP contribution is -2.17. The summed E-state index contributed by atoms with van der Waals surface area (Å²) in [5, 5.41) is 15.5. The Balaban J connectivity index is 2.55. The van der Waals surface area contributed by atoms with Crippen LogP contribution >= 0.6 is 11.3 Å². The number of ether oxygens (including phenoxy) is 1. The number of nitrogens with one attached hydrogen (secondary N) is 2. The molecule has 0 aliphatic heterocycles. The van der Waals surface area contributed by atoms with Crippen molar-refractivity contribution in [1.29, 1.82) is 5.26 Å². The van der Waals surface area contributed by atoms with Gasteiger partial charge in [0, 0.05) is 20.2 Å². The molecule has 6 nitrogen and oxygen atoms in total. The molecule has 0 aromatic carbocycles. The highest BCUT2D eigenvalue weighted by Crippen LogP contribution is 2.34. The average Bonchev–Trinajstić information content (AvgIpc) is 2.77. The standard InChI is InChI=1S/C14H22N4O2S/c1-9(2)20-7-5-4-6-18-14-10(8-15)11(16)12(21-14)13(19)17-3/h9,18H,4-7,16H2,1-3H3,(H,17,19). The number of amides is 1. The molecule has 1 rings (SSSR count). The molecule has 4 N–H and O–H groups in total. The molecule has 0 saturated heterocycles. The van der Waals surface area contributed by atoms with Gasteiger partial charge in [0.1, 0.15) is 21.5 Å². The fourth-order valence-electron chi connectivity index (χ4n) is 1.71. The zero-order chi connectivity index (χ0) is 15.8. The Labute approximate surface area is 129 Å². The monoisotopic (exact) mass is 310 g/mol. The van der Waals surface area contributed by atoms with Crippen molar-refractivity contribution >= 4 is 27.9 Å². The Morgan fingerprint density at radius 2 is 2.19 bits per heavy atom. The molecule has 0 bridgehead atoms. The van der Waals surface area contributed by atoms with E-state index in [1.165, 1.54) is 18.4 Å². The van der Waals surface area contributed by atoms with Crippen molar-refractivity contribution in [3.63, 3.8) is 0 Å². The molecule has 1 aromatic rings. The van der Waals surface area contributed by atoms with Crippen LogP contribution < -0.4 is 16.4 Å². The molecule has 21 heavy (non-hydrogen) atoms. The summed E-state index contributed by atoms with van der Waals surface area (Å²) in [6, 6.07) is 2.05. The van der Waals surface area contributed by atoms with Gasteiger partial charge in [0.05, 0.1) is 11.8 Å². The van der Waals surface area contributed by atoms with Gasteiger partial charge in [0.25, 0.3) is 5.91 Å². The van der Waals surface area contributed by atoms with Gasteiger partial charge < -0.3 is 21.1 Å². The van der Waals surface area contributed by atoms with E-state index >= 15 is 0 Å². The molecule has 0 aliphatic carbocycles. The van der Waals surface area contributed by atoms with E-state index in [-0.39, 0.29) is 17.7 Å². The number of nitrogens with zero attached hydrogens (tertiary/aromatic N) is 1. The highest BCUT2D eigenvalue weighted by molar-refractivity contribution is 7.18. The quantitative estimate of drug-likeness (QED) is 0.639. The lowest BCUT2D eigenvalue weighted by Gasteiger charge is -2.07. The van der Waals surface area contributed by atoms with Crippen molar-refractivity contribution in [1.82, 2.24) is 5.32 Å². The molecule has 0 fully saturated rings. The number of carbonyl (C=O) groups excluding carboxylic acids is 1. The maximum atomic E-state index is 11.7. The van der Waals surface area contributed by atoms with Crippen LogP contribution in [0.4, 0.5) is 10.7 Å². The zero-order valence-corrected chi connectivity index (χ0v) is 13.5. The fourth-order valence-corrected chi connectivity index (χ4v) is 2.75. The molecule has 7 heteroatoms. The largest absolute Gasteiger partial charge is 0.396 e. The molecule has 1 amide bonds. The van der Waals surface area contributed by atoms with Gasteiger partial charge in [-0.25, -0.2) is 0 Å². The predicted octanol–water partition coefficient (Wildman–Crippen LogP) is 2.18. The van der Waals surface area contributed by atoms with E-state index in [1.807, 2.05) is 19.9 Å². The number of nitriles is 1. The number of nitrogen functional groups attached to an aromatic ring is 1. The van der Waals surface area contributed by atoms with E-state index in [4.69, 9.17) is 15.7 Å². The van der Waals surface area contributed by atoms with Gasteiger partial charge >= 0.3 is 0 Å². The predicted molar refractivity (Wildman–Crippen MR) is 85.6 cm³/mol. The normalized spacial score (nSPS) is 10.4. The molecular weight excluding hydrogens is 288 g/mol. The Morgan fingerprint density at radius 3 is 2.76 bits per heavy atom. The topological polar surface area (TPSA) is 100 Å². The minimum atomic E-state index is -0.271. The summed E-state index contributed by atoms with van der Waals surface area (Å²) in [6.07, 6.45) is 2.11. The first-order valence-corrected chi connectivity index (χ1v) is 7.72. The maximum absolute atomic E-state index is 11.7. The third kappa shape index (κ3) is 4.92. The van der Waals surface area contributed by atoms with Crippen LogP contribution in [-0.4, -0.2) is 32.2 Å². The summed E-state index contributed by atoms with van der Waals surface area (Å²) in [6.45, 7) is 5.45. The first-order chi connectivity index (χ1) is 10.0. The van der Waals surface area contributed by atoms with E-state index in [2.05, 4.69) is 10.6 Å². The molecule has 0 unspecified atom stereocenters. The van der Waals surface area contributed by atoms with Gasteiger partial charge in [-0.3, -0.25) is 4.79 Å². The van der Waals surface area contributed by atoms with Crippen LogP contribution in [0.5, 0.6) is 0 Å². The first kappa shape index (κ1) is 17.3. The molecule has 0 radical (unpaired) electrons. The summed E-state index contributed by atoms with van der Waals surface area (Å²) >= 11 is 1.21. The van der Waals surface area contributed by atoms with E-state index < -0.39 is 0 Å². The third-order valence-corrected chi connectivity index (χ3v) is 3.96. The number of unbranched alkanes of at least 4 members (excludes halogenated alkanes) is 1. The Morgan fingerprint density at radius 1 is 1.48 bits per heavy atom. The van der Waals surface area contributed by atoms with Crippen LogP contribution in [0.1, 0.15) is 41.9 Å². The zero-order valence-electron chi connectivity index (χ0n) is 12.7. The lowest BCUT2D eigenvalue weighted by molar-refractivity contribution is 0.0765. The van der Waals surface area contributed by atoms with Crippen LogP contribution in [0.15, 0.2) is 0 Å². The first-order valence-electron chi connectivity index (χ1n) is 6.91. The number of nitrogens with two attached hydrogens (primary N) is 1. The molecule has 116 valence electrons. The second-order valence-corrected chi connectivity index (χ2v) is 5.81. The van der Waals surface area contributed by atoms with Crippen molar-refractivity contribution in [3.8, 4) is 6.07 Å². The summed E-state index contributed by atoms with van der Waals surface area (Å²) < 4.78 is 5.46. The maximum Gasteiger partial charge on any atom is 0.263 e. The average molecular weight is 310 g/mol. The number of rotatable bonds is 8. The van der Waals surface area contributed by atoms with E-state index in [9.17, 15) is 4.79 Å². The molecule has 0 saturated carbocycles. The smallest absolute Gasteiger partial charge is 0.263 e. The Kier molecular flexibility index (Phi) is 6.99. The van der Waals surface area contributed by atoms with Gasteiger partial charge in [-0.15, -0.1) is 11.3 Å². The molecule has 1 aromatic heterocycles. The number of carbonyl (C=O) groups is 1. The van der Waals surface area contributed by atoms with Gasteiger partial charge in [-0.2, -0.15) is 5.26 Å². The van der Waals surface area contributed by atoms with Crippen molar-refractivity contribution in [2.24, 2.45) is 0 Å². The van der Waals surface area contributed by atoms with Crippen molar-refractivity contribution < 1.29 is 9.53 Å². The van der Waals surface area contributed by atoms with Crippen molar-refractivity contribution in [2.75, 3.05) is 31.2 Å². The molecule has 1 heterocycles. The number of hydrogen-bond donors (Lipinski definition) is 3. The minimum Gasteiger partial charge on any atom is -0.396 e. The SMILES string of the molecule is CNC(=O)c1sc(NCCCCOC(C)C)c(C#N)c1N. The van der Waals surface area contributed by atoms with Crippen molar-refractivity contribution in [3.05, 3.63) is 10.4 Å². The molecular formula is C14H22N4O2S. The van der Waals surface area contributed by atoms with Gasteiger partial charge in [-0.05, 0) is 26.7 Å². The third-order valence-electron chi connectivity index (χ3n) is 2.80. The van der Waals surface area contributed by atoms with E-state index in [0.29, 0.717) is 22.0 Å². The summed E-state index contributed by atoms with van der Waals surface area (Å²) in [5.74, 6) is -0.271. The van der Waals surface area contributed by atoms with Crippen LogP contribution in [0.2, 0.25) is 0 Å². The number of thiophene rings is 1. The van der Waals surface area contributed by atoms with E-state index in [1.54, 1.807) is 0 Å².